The van der Waals surface area contributed by atoms with Gasteiger partial charge in [-0.1, -0.05) is 24.9 Å². The largest absolute Gasteiger partial charge is 0.212 e. The van der Waals surface area contributed by atoms with Crippen LogP contribution in [0.4, 0.5) is 0 Å². The third-order valence-electron chi connectivity index (χ3n) is 0.713. The second-order valence-electron chi connectivity index (χ2n) is 1.22. The van der Waals surface area contributed by atoms with Crippen molar-refractivity contribution in [2.75, 3.05) is 0 Å². The number of hydrogen-bond donors (Lipinski definition) is 0. The summed E-state index contributed by atoms with van der Waals surface area (Å²) in [5, 5.41) is 0. The molecule has 0 atom stereocenters. The van der Waals surface area contributed by atoms with Gasteiger partial charge in [0.25, 0.3) is 0 Å². The van der Waals surface area contributed by atoms with Crippen LogP contribution in [-0.4, -0.2) is 0 Å². The molecule has 0 N–H and O–H groups in total. The lowest BCUT2D eigenvalue weighted by molar-refractivity contribution is 1.80. The van der Waals surface area contributed by atoms with Gasteiger partial charge in [-0.15, -0.1) is 15.9 Å². The molecule has 0 aliphatic carbocycles. The van der Waals surface area contributed by atoms with Gasteiger partial charge >= 0.3 is 0 Å². The Hall–Kier alpha value is 0.310. The lowest BCUT2D eigenvalue weighted by Crippen LogP contribution is -1.46. The summed E-state index contributed by atoms with van der Waals surface area (Å²) in [7, 11) is 0. The molecule has 0 nitrogen and oxygen atoms in total. The van der Waals surface area contributed by atoms with Gasteiger partial charge in [0.1, 0.15) is 0 Å². The summed E-state index contributed by atoms with van der Waals surface area (Å²) in [6.07, 6.45) is 0. The molecular formula is C5H3Br2-. The van der Waals surface area contributed by atoms with Gasteiger partial charge in [0.2, 0.25) is 0 Å². The van der Waals surface area contributed by atoms with Gasteiger partial charge in [-0.2, -0.15) is 12.1 Å². The van der Waals surface area contributed by atoms with Crippen LogP contribution in [0, 0.1) is 0 Å². The molecule has 1 rings (SSSR count). The first kappa shape index (κ1) is 5.45. The van der Waals surface area contributed by atoms with E-state index >= 15 is 0 Å². The van der Waals surface area contributed by atoms with Crippen molar-refractivity contribution in [2.24, 2.45) is 0 Å². The maximum Gasteiger partial charge on any atom is -0.0796 e. The van der Waals surface area contributed by atoms with Crippen LogP contribution in [0.5, 0.6) is 0 Å². The Balaban J connectivity index is 3.12. The predicted molar refractivity (Wildman–Crippen MR) is 37.4 cm³/mol. The Labute approximate surface area is 59.2 Å². The molecule has 0 aliphatic heterocycles. The average Bonchev–Trinajstić information content (AvgIpc) is 1.91. The summed E-state index contributed by atoms with van der Waals surface area (Å²) in [6, 6.07) is 5.96. The van der Waals surface area contributed by atoms with Gasteiger partial charge in [-0.3, -0.25) is 0 Å². The van der Waals surface area contributed by atoms with Crippen molar-refractivity contribution in [3.63, 3.8) is 0 Å². The molecular weight excluding hydrogens is 220 g/mol. The summed E-state index contributed by atoms with van der Waals surface area (Å²) in [5.41, 5.74) is 0. The summed E-state index contributed by atoms with van der Waals surface area (Å²) in [6.45, 7) is 0. The number of hydrogen-bond acceptors (Lipinski definition) is 0. The van der Waals surface area contributed by atoms with Crippen LogP contribution in [-0.2, 0) is 0 Å². The van der Waals surface area contributed by atoms with Crippen LogP contribution in [0.2, 0.25) is 0 Å². The molecule has 1 aromatic rings. The van der Waals surface area contributed by atoms with Crippen LogP contribution in [0.3, 0.4) is 0 Å². The standard InChI is InChI=1S/C5H3Br2/c6-4-2-1-3-5(4)7/h1-3H/q-1. The molecule has 0 unspecified atom stereocenters. The Kier molecular flexibility index (Phi) is 1.60. The van der Waals surface area contributed by atoms with Gasteiger partial charge in [0, 0.05) is 0 Å². The first-order valence-electron chi connectivity index (χ1n) is 1.87. The monoisotopic (exact) mass is 221 g/mol. The SMILES string of the molecule is Brc1ccc[c-]1Br. The molecule has 0 aromatic heterocycles. The predicted octanol–water partition coefficient (Wildman–Crippen LogP) is 2.93. The summed E-state index contributed by atoms with van der Waals surface area (Å²) in [4.78, 5) is 0. The summed E-state index contributed by atoms with van der Waals surface area (Å²) in [5.74, 6) is 0. The Morgan fingerprint density at radius 3 is 2.43 bits per heavy atom. The van der Waals surface area contributed by atoms with E-state index in [0.29, 0.717) is 0 Å². The first-order chi connectivity index (χ1) is 3.30. The fraction of sp³-hybridized carbons (Fsp3) is 0. The molecule has 0 amide bonds. The van der Waals surface area contributed by atoms with E-state index in [1.807, 2.05) is 18.2 Å². The van der Waals surface area contributed by atoms with Gasteiger partial charge in [0.15, 0.2) is 0 Å². The van der Waals surface area contributed by atoms with Crippen LogP contribution >= 0.6 is 31.9 Å². The van der Waals surface area contributed by atoms with Crippen molar-refractivity contribution in [2.45, 2.75) is 0 Å². The second kappa shape index (κ2) is 2.05. The fourth-order valence-electron chi connectivity index (χ4n) is 0.376. The Bertz CT molecular complexity index is 138. The molecule has 0 fully saturated rings. The van der Waals surface area contributed by atoms with Gasteiger partial charge < -0.3 is 0 Å². The van der Waals surface area contributed by atoms with Crippen molar-refractivity contribution in [1.82, 2.24) is 0 Å². The zero-order chi connectivity index (χ0) is 5.28. The molecule has 1 aromatic carbocycles. The van der Waals surface area contributed by atoms with E-state index in [1.165, 1.54) is 0 Å². The van der Waals surface area contributed by atoms with Crippen molar-refractivity contribution in [1.29, 1.82) is 0 Å². The van der Waals surface area contributed by atoms with Crippen molar-refractivity contribution in [3.8, 4) is 0 Å². The van der Waals surface area contributed by atoms with E-state index in [2.05, 4.69) is 31.9 Å². The first-order valence-corrected chi connectivity index (χ1v) is 3.46. The van der Waals surface area contributed by atoms with E-state index in [9.17, 15) is 0 Å². The van der Waals surface area contributed by atoms with Crippen molar-refractivity contribution < 1.29 is 0 Å². The molecule has 38 valence electrons. The third-order valence-corrected chi connectivity index (χ3v) is 2.63. The number of halogens is 2. The highest BCUT2D eigenvalue weighted by Gasteiger charge is 1.78. The van der Waals surface area contributed by atoms with E-state index < -0.39 is 0 Å². The highest BCUT2D eigenvalue weighted by molar-refractivity contribution is 9.13. The third kappa shape index (κ3) is 1.10. The topological polar surface area (TPSA) is 0 Å². The molecule has 7 heavy (non-hydrogen) atoms. The average molecular weight is 223 g/mol. The van der Waals surface area contributed by atoms with E-state index in [0.717, 1.165) is 8.95 Å². The van der Waals surface area contributed by atoms with Gasteiger partial charge in [-0.05, 0) is 0 Å². The van der Waals surface area contributed by atoms with Crippen LogP contribution in [0.15, 0.2) is 27.1 Å². The second-order valence-corrected chi connectivity index (χ2v) is 2.93. The van der Waals surface area contributed by atoms with Gasteiger partial charge in [-0.25, -0.2) is 6.07 Å². The molecule has 0 aliphatic rings. The fourth-order valence-corrected chi connectivity index (χ4v) is 0.946. The lowest BCUT2D eigenvalue weighted by atomic mass is 10.7. The molecule has 2 heteroatoms. The van der Waals surface area contributed by atoms with E-state index in [1.54, 1.807) is 0 Å². The summed E-state index contributed by atoms with van der Waals surface area (Å²) < 4.78 is 2.24. The minimum absolute atomic E-state index is 1.12. The summed E-state index contributed by atoms with van der Waals surface area (Å²) >= 11 is 6.64. The minimum Gasteiger partial charge on any atom is -0.212 e. The number of rotatable bonds is 0. The highest BCUT2D eigenvalue weighted by atomic mass is 79.9. The van der Waals surface area contributed by atoms with Crippen molar-refractivity contribution in [3.05, 3.63) is 27.1 Å². The normalized spacial score (nSPS) is 9.43. The highest BCUT2D eigenvalue weighted by Crippen LogP contribution is 2.22. The quantitative estimate of drug-likeness (QED) is 0.593. The maximum absolute atomic E-state index is 3.32. The molecule has 0 radical (unpaired) electrons. The van der Waals surface area contributed by atoms with E-state index in [4.69, 9.17) is 0 Å². The lowest BCUT2D eigenvalue weighted by Gasteiger charge is -1.86. The Morgan fingerprint density at radius 1 is 1.57 bits per heavy atom. The maximum atomic E-state index is 3.32. The van der Waals surface area contributed by atoms with E-state index in [-0.39, 0.29) is 0 Å². The molecule has 0 heterocycles. The molecule has 0 saturated carbocycles. The van der Waals surface area contributed by atoms with Crippen LogP contribution in [0.1, 0.15) is 0 Å². The molecule has 0 bridgehead atoms. The minimum atomic E-state index is 1.12. The zero-order valence-corrected chi connectivity index (χ0v) is 6.66. The molecule has 0 spiro atoms. The smallest absolute Gasteiger partial charge is 0.0796 e. The Morgan fingerprint density at radius 2 is 2.29 bits per heavy atom. The van der Waals surface area contributed by atoms with Gasteiger partial charge in [0.05, 0.1) is 0 Å². The molecule has 0 saturated heterocycles. The van der Waals surface area contributed by atoms with Crippen LogP contribution in [0.25, 0.3) is 0 Å². The zero-order valence-electron chi connectivity index (χ0n) is 3.49. The van der Waals surface area contributed by atoms with Crippen LogP contribution < -0.4 is 0 Å². The van der Waals surface area contributed by atoms with Crippen molar-refractivity contribution >= 4 is 31.9 Å².